The predicted octanol–water partition coefficient (Wildman–Crippen LogP) is 1.85. The van der Waals surface area contributed by atoms with Gasteiger partial charge in [0.05, 0.1) is 6.61 Å². The van der Waals surface area contributed by atoms with Crippen molar-refractivity contribution in [2.45, 2.75) is 26.7 Å². The summed E-state index contributed by atoms with van der Waals surface area (Å²) in [5.41, 5.74) is 2.06. The Morgan fingerprint density at radius 1 is 1.33 bits per heavy atom. The number of hydrogen-bond donors (Lipinski definition) is 1. The Morgan fingerprint density at radius 2 is 2.00 bits per heavy atom. The molecule has 0 saturated heterocycles. The molecule has 0 saturated carbocycles. The molecule has 0 aromatic rings. The highest BCUT2D eigenvalue weighted by molar-refractivity contribution is 5.65. The SMILES string of the molecule is CC(=CCCC(C)=CC=O)CO. The lowest BCUT2D eigenvalue weighted by molar-refractivity contribution is -0.104. The van der Waals surface area contributed by atoms with Crippen molar-refractivity contribution in [1.82, 2.24) is 0 Å². The molecular formula is C10H16O2. The van der Waals surface area contributed by atoms with E-state index in [0.717, 1.165) is 30.3 Å². The molecule has 0 aliphatic carbocycles. The molecule has 0 amide bonds. The monoisotopic (exact) mass is 168 g/mol. The van der Waals surface area contributed by atoms with Crippen molar-refractivity contribution in [1.29, 1.82) is 0 Å². The molecule has 0 bridgehead atoms. The van der Waals surface area contributed by atoms with Crippen LogP contribution >= 0.6 is 0 Å². The van der Waals surface area contributed by atoms with Crippen molar-refractivity contribution in [2.24, 2.45) is 0 Å². The summed E-state index contributed by atoms with van der Waals surface area (Å²) in [4.78, 5) is 10.0. The van der Waals surface area contributed by atoms with E-state index in [4.69, 9.17) is 5.11 Å². The fourth-order valence-electron chi connectivity index (χ4n) is 0.810. The van der Waals surface area contributed by atoms with Gasteiger partial charge in [-0.15, -0.1) is 0 Å². The third kappa shape index (κ3) is 5.86. The van der Waals surface area contributed by atoms with Crippen molar-refractivity contribution in [2.75, 3.05) is 6.61 Å². The van der Waals surface area contributed by atoms with Crippen LogP contribution in [0.2, 0.25) is 0 Å². The molecule has 0 spiro atoms. The van der Waals surface area contributed by atoms with E-state index in [2.05, 4.69) is 0 Å². The molecule has 0 aromatic heterocycles. The molecule has 0 unspecified atom stereocenters. The Labute approximate surface area is 73.6 Å². The maximum atomic E-state index is 10.0. The smallest absolute Gasteiger partial charge is 0.142 e. The molecule has 0 heterocycles. The highest BCUT2D eigenvalue weighted by atomic mass is 16.3. The normalized spacial score (nSPS) is 13.2. The molecule has 0 rings (SSSR count). The Balaban J connectivity index is 3.69. The zero-order chi connectivity index (χ0) is 9.40. The molecule has 0 radical (unpaired) electrons. The molecule has 0 aromatic carbocycles. The quantitative estimate of drug-likeness (QED) is 0.386. The van der Waals surface area contributed by atoms with Gasteiger partial charge in [-0.05, 0) is 32.8 Å². The summed E-state index contributed by atoms with van der Waals surface area (Å²) in [6.07, 6.45) is 6.14. The van der Waals surface area contributed by atoms with Crippen LogP contribution in [0.3, 0.4) is 0 Å². The van der Waals surface area contributed by atoms with Crippen LogP contribution in [-0.2, 0) is 4.79 Å². The van der Waals surface area contributed by atoms with E-state index in [1.807, 2.05) is 19.9 Å². The lowest BCUT2D eigenvalue weighted by Gasteiger charge is -1.96. The summed E-state index contributed by atoms with van der Waals surface area (Å²) in [5, 5.41) is 8.66. The third-order valence-electron chi connectivity index (χ3n) is 1.63. The molecule has 2 nitrogen and oxygen atoms in total. The summed E-state index contributed by atoms with van der Waals surface area (Å²) in [7, 11) is 0. The highest BCUT2D eigenvalue weighted by Gasteiger charge is 1.88. The van der Waals surface area contributed by atoms with E-state index in [9.17, 15) is 4.79 Å². The fraction of sp³-hybridized carbons (Fsp3) is 0.500. The van der Waals surface area contributed by atoms with Crippen LogP contribution in [0, 0.1) is 0 Å². The van der Waals surface area contributed by atoms with Gasteiger partial charge in [-0.3, -0.25) is 4.79 Å². The first kappa shape index (κ1) is 11.1. The number of hydrogen-bond acceptors (Lipinski definition) is 2. The van der Waals surface area contributed by atoms with E-state index in [0.29, 0.717) is 0 Å². The molecule has 12 heavy (non-hydrogen) atoms. The molecular weight excluding hydrogens is 152 g/mol. The minimum atomic E-state index is 0.121. The summed E-state index contributed by atoms with van der Waals surface area (Å²) in [6.45, 7) is 3.94. The number of carbonyl (C=O) groups is 1. The van der Waals surface area contributed by atoms with Crippen LogP contribution in [0.25, 0.3) is 0 Å². The molecule has 0 aliphatic rings. The minimum Gasteiger partial charge on any atom is -0.392 e. The van der Waals surface area contributed by atoms with E-state index >= 15 is 0 Å². The van der Waals surface area contributed by atoms with Crippen LogP contribution in [-0.4, -0.2) is 18.0 Å². The standard InChI is InChI=1S/C10H16O2/c1-9(6-7-11)4-3-5-10(2)8-12/h5-7,12H,3-4,8H2,1-2H3. The molecule has 0 fully saturated rings. The second kappa shape index (κ2) is 6.80. The fourth-order valence-corrected chi connectivity index (χ4v) is 0.810. The summed E-state index contributed by atoms with van der Waals surface area (Å²) in [6, 6.07) is 0. The Kier molecular flexibility index (Phi) is 6.29. The van der Waals surface area contributed by atoms with Gasteiger partial charge in [0.25, 0.3) is 0 Å². The van der Waals surface area contributed by atoms with Gasteiger partial charge >= 0.3 is 0 Å². The number of aliphatic hydroxyl groups excluding tert-OH is 1. The second-order valence-electron chi connectivity index (χ2n) is 2.90. The van der Waals surface area contributed by atoms with E-state index in [1.54, 1.807) is 6.08 Å². The van der Waals surface area contributed by atoms with Crippen molar-refractivity contribution in [3.8, 4) is 0 Å². The van der Waals surface area contributed by atoms with Crippen molar-refractivity contribution >= 4 is 6.29 Å². The van der Waals surface area contributed by atoms with Crippen molar-refractivity contribution in [3.63, 3.8) is 0 Å². The van der Waals surface area contributed by atoms with Crippen LogP contribution in [0.15, 0.2) is 23.3 Å². The largest absolute Gasteiger partial charge is 0.392 e. The maximum absolute atomic E-state index is 10.0. The van der Waals surface area contributed by atoms with Crippen molar-refractivity contribution < 1.29 is 9.90 Å². The van der Waals surface area contributed by atoms with Crippen LogP contribution < -0.4 is 0 Å². The Bertz CT molecular complexity index is 190. The molecule has 0 atom stereocenters. The van der Waals surface area contributed by atoms with Crippen LogP contribution in [0.5, 0.6) is 0 Å². The number of aliphatic hydroxyl groups is 1. The molecule has 2 heteroatoms. The van der Waals surface area contributed by atoms with E-state index in [1.165, 1.54) is 0 Å². The molecule has 1 N–H and O–H groups in total. The molecule has 68 valence electrons. The highest BCUT2D eigenvalue weighted by Crippen LogP contribution is 2.05. The summed E-state index contributed by atoms with van der Waals surface area (Å²) >= 11 is 0. The zero-order valence-corrected chi connectivity index (χ0v) is 7.71. The number of aldehydes is 1. The van der Waals surface area contributed by atoms with Gasteiger partial charge in [0.1, 0.15) is 6.29 Å². The van der Waals surface area contributed by atoms with Gasteiger partial charge in [0, 0.05) is 0 Å². The lowest BCUT2D eigenvalue weighted by atomic mass is 10.1. The topological polar surface area (TPSA) is 37.3 Å². The van der Waals surface area contributed by atoms with Crippen LogP contribution in [0.4, 0.5) is 0 Å². The van der Waals surface area contributed by atoms with Gasteiger partial charge in [-0.2, -0.15) is 0 Å². The number of allylic oxidation sites excluding steroid dienone is 3. The van der Waals surface area contributed by atoms with E-state index in [-0.39, 0.29) is 6.61 Å². The first-order valence-corrected chi connectivity index (χ1v) is 4.08. The summed E-state index contributed by atoms with van der Waals surface area (Å²) < 4.78 is 0. The first-order valence-electron chi connectivity index (χ1n) is 4.08. The molecule has 0 aliphatic heterocycles. The van der Waals surface area contributed by atoms with Gasteiger partial charge in [0.15, 0.2) is 0 Å². The first-order chi connectivity index (χ1) is 5.70. The lowest BCUT2D eigenvalue weighted by Crippen LogP contribution is -1.84. The number of carbonyl (C=O) groups excluding carboxylic acids is 1. The predicted molar refractivity (Wildman–Crippen MR) is 49.9 cm³/mol. The zero-order valence-electron chi connectivity index (χ0n) is 7.71. The van der Waals surface area contributed by atoms with Gasteiger partial charge in [-0.1, -0.05) is 17.2 Å². The number of rotatable bonds is 5. The minimum absolute atomic E-state index is 0.121. The van der Waals surface area contributed by atoms with Gasteiger partial charge < -0.3 is 5.11 Å². The third-order valence-corrected chi connectivity index (χ3v) is 1.63. The average Bonchev–Trinajstić information content (AvgIpc) is 2.04. The van der Waals surface area contributed by atoms with Crippen molar-refractivity contribution in [3.05, 3.63) is 23.3 Å². The Hall–Kier alpha value is -0.890. The second-order valence-corrected chi connectivity index (χ2v) is 2.90. The van der Waals surface area contributed by atoms with E-state index < -0.39 is 0 Å². The van der Waals surface area contributed by atoms with Gasteiger partial charge in [0.2, 0.25) is 0 Å². The average molecular weight is 168 g/mol. The van der Waals surface area contributed by atoms with Gasteiger partial charge in [-0.25, -0.2) is 0 Å². The van der Waals surface area contributed by atoms with Crippen LogP contribution in [0.1, 0.15) is 26.7 Å². The maximum Gasteiger partial charge on any atom is 0.142 e. The summed E-state index contributed by atoms with van der Waals surface area (Å²) in [5.74, 6) is 0. The Morgan fingerprint density at radius 3 is 2.50 bits per heavy atom.